The summed E-state index contributed by atoms with van der Waals surface area (Å²) in [5, 5.41) is 1.34. The third kappa shape index (κ3) is 5.09. The highest BCUT2D eigenvalue weighted by Crippen LogP contribution is 2.38. The van der Waals surface area contributed by atoms with E-state index in [2.05, 4.69) is 81.4 Å². The fourth-order valence-electron chi connectivity index (χ4n) is 5.37. The van der Waals surface area contributed by atoms with Crippen LogP contribution in [0.15, 0.2) is 48.6 Å². The number of allylic oxidation sites excluding steroid dienone is 5. The van der Waals surface area contributed by atoms with E-state index >= 15 is 0 Å². The van der Waals surface area contributed by atoms with Crippen molar-refractivity contribution < 1.29 is 4.79 Å². The summed E-state index contributed by atoms with van der Waals surface area (Å²) in [5.41, 5.74) is 7.83. The van der Waals surface area contributed by atoms with Crippen molar-refractivity contribution in [3.63, 3.8) is 0 Å². The van der Waals surface area contributed by atoms with Crippen LogP contribution in [0.4, 0.5) is 0 Å². The number of fused-ring (bicyclic) bond motifs is 1. The zero-order valence-corrected chi connectivity index (χ0v) is 21.8. The van der Waals surface area contributed by atoms with Crippen LogP contribution in [-0.2, 0) is 4.79 Å². The lowest BCUT2D eigenvalue weighted by atomic mass is 9.87. The van der Waals surface area contributed by atoms with Crippen molar-refractivity contribution >= 4 is 22.4 Å². The average molecular weight is 459 g/mol. The Morgan fingerprint density at radius 2 is 1.88 bits per heavy atom. The minimum Gasteiger partial charge on any atom is -0.354 e. The van der Waals surface area contributed by atoms with E-state index < -0.39 is 0 Å². The molecule has 1 N–H and O–H groups in total. The van der Waals surface area contributed by atoms with Gasteiger partial charge in [0.15, 0.2) is 0 Å². The van der Waals surface area contributed by atoms with Crippen molar-refractivity contribution in [1.82, 2.24) is 9.88 Å². The van der Waals surface area contributed by atoms with Crippen LogP contribution < -0.4 is 0 Å². The van der Waals surface area contributed by atoms with Gasteiger partial charge in [0.05, 0.1) is 0 Å². The van der Waals surface area contributed by atoms with E-state index in [0.717, 1.165) is 45.2 Å². The summed E-state index contributed by atoms with van der Waals surface area (Å²) < 4.78 is 0. The van der Waals surface area contributed by atoms with Gasteiger partial charge in [-0.3, -0.25) is 4.79 Å². The molecule has 3 nitrogen and oxygen atoms in total. The number of nitrogens with one attached hydrogen (secondary N) is 1. The number of benzene rings is 1. The second-order valence-electron chi connectivity index (χ2n) is 10.8. The molecule has 2 fully saturated rings. The summed E-state index contributed by atoms with van der Waals surface area (Å²) in [7, 11) is 0. The topological polar surface area (TPSA) is 36.1 Å². The lowest BCUT2D eigenvalue weighted by molar-refractivity contribution is -0.133. The molecule has 0 bridgehead atoms. The maximum atomic E-state index is 12.5. The van der Waals surface area contributed by atoms with Crippen molar-refractivity contribution in [2.45, 2.75) is 78.6 Å². The molecule has 4 rings (SSSR count). The zero-order valence-electron chi connectivity index (χ0n) is 21.8. The Bertz CT molecular complexity index is 1100. The molecule has 2 heterocycles. The van der Waals surface area contributed by atoms with Crippen LogP contribution in [0.5, 0.6) is 0 Å². The molecular weight excluding hydrogens is 416 g/mol. The lowest BCUT2D eigenvalue weighted by Crippen LogP contribution is -2.38. The maximum absolute atomic E-state index is 12.5. The zero-order chi connectivity index (χ0) is 24.4. The van der Waals surface area contributed by atoms with Crippen molar-refractivity contribution in [3.8, 4) is 0 Å². The van der Waals surface area contributed by atoms with Crippen LogP contribution in [-0.4, -0.2) is 28.9 Å². The van der Waals surface area contributed by atoms with Gasteiger partial charge in [-0.2, -0.15) is 0 Å². The molecule has 182 valence electrons. The van der Waals surface area contributed by atoms with Gasteiger partial charge in [0, 0.05) is 35.6 Å². The van der Waals surface area contributed by atoms with Crippen molar-refractivity contribution in [1.29, 1.82) is 0 Å². The summed E-state index contributed by atoms with van der Waals surface area (Å²) in [4.78, 5) is 18.3. The van der Waals surface area contributed by atoms with Gasteiger partial charge in [0.1, 0.15) is 0 Å². The second-order valence-corrected chi connectivity index (χ2v) is 10.8. The molecular formula is C31H42N2O. The monoisotopic (exact) mass is 458 g/mol. The largest absolute Gasteiger partial charge is 0.354 e. The molecule has 0 radical (unpaired) electrons. The molecule has 1 saturated carbocycles. The standard InChI is InChI=1S/C31H42N2O/c1-7-9-26(18-22(6)21(5)8-2)30-29(20(3)4)27-19-25(12-13-28(27)32-30)23-14-16-33(17-15-23)31(34)24-10-11-24/h7,9,12-13,18-21,23-24,32H,1,8,10-11,14-17H2,2-6H3/b22-18-,26-9+. The quantitative estimate of drug-likeness (QED) is 0.400. The number of H-pyrrole nitrogens is 1. The molecule has 34 heavy (non-hydrogen) atoms. The fraction of sp³-hybridized carbons (Fsp3) is 0.516. The summed E-state index contributed by atoms with van der Waals surface area (Å²) in [5.74, 6) is 2.22. The molecule has 2 aromatic rings. The second kappa shape index (κ2) is 10.4. The first-order valence-electron chi connectivity index (χ1n) is 13.3. The highest BCUT2D eigenvalue weighted by atomic mass is 16.2. The van der Waals surface area contributed by atoms with Crippen LogP contribution >= 0.6 is 0 Å². The SMILES string of the molecule is C=C/C=C(\C=C(\C)C(C)CC)c1[nH]c2ccc(C3CCN(C(=O)C4CC4)CC3)cc2c1C(C)C. The van der Waals surface area contributed by atoms with Crippen LogP contribution in [0.1, 0.15) is 95.4 Å². The third-order valence-electron chi connectivity index (χ3n) is 8.00. The van der Waals surface area contributed by atoms with Crippen molar-refractivity contribution in [2.75, 3.05) is 13.1 Å². The highest BCUT2D eigenvalue weighted by molar-refractivity contribution is 5.92. The lowest BCUT2D eigenvalue weighted by Gasteiger charge is -2.32. The average Bonchev–Trinajstić information content (AvgIpc) is 3.62. The van der Waals surface area contributed by atoms with E-state index in [1.165, 1.54) is 38.9 Å². The van der Waals surface area contributed by atoms with E-state index in [4.69, 9.17) is 0 Å². The molecule has 1 aromatic heterocycles. The predicted molar refractivity (Wildman–Crippen MR) is 145 cm³/mol. The molecule has 3 heteroatoms. The van der Waals surface area contributed by atoms with E-state index in [1.807, 2.05) is 6.08 Å². The molecule has 1 saturated heterocycles. The Labute approximate surface area is 206 Å². The number of nitrogens with zero attached hydrogens (tertiary/aromatic N) is 1. The van der Waals surface area contributed by atoms with E-state index in [9.17, 15) is 4.79 Å². The summed E-state index contributed by atoms with van der Waals surface area (Å²) in [6.45, 7) is 17.1. The molecule has 1 aromatic carbocycles. The van der Waals surface area contributed by atoms with Gasteiger partial charge in [-0.05, 0) is 85.6 Å². The van der Waals surface area contributed by atoms with Gasteiger partial charge < -0.3 is 9.88 Å². The highest BCUT2D eigenvalue weighted by Gasteiger charge is 2.35. The number of hydrogen-bond acceptors (Lipinski definition) is 1. The van der Waals surface area contributed by atoms with Gasteiger partial charge in [0.2, 0.25) is 5.91 Å². The van der Waals surface area contributed by atoms with Crippen LogP contribution in [0, 0.1) is 11.8 Å². The van der Waals surface area contributed by atoms with Gasteiger partial charge in [-0.25, -0.2) is 0 Å². The Morgan fingerprint density at radius 3 is 2.47 bits per heavy atom. The van der Waals surface area contributed by atoms with Crippen LogP contribution in [0.25, 0.3) is 16.5 Å². The number of piperidine rings is 1. The molecule has 0 spiro atoms. The summed E-state index contributed by atoms with van der Waals surface area (Å²) in [6, 6.07) is 6.98. The number of aromatic nitrogens is 1. The predicted octanol–water partition coefficient (Wildman–Crippen LogP) is 7.97. The fourth-order valence-corrected chi connectivity index (χ4v) is 5.37. The Balaban J connectivity index is 1.65. The molecule has 1 atom stereocenters. The Hall–Kier alpha value is -2.55. The van der Waals surface area contributed by atoms with E-state index in [0.29, 0.717) is 29.6 Å². The van der Waals surface area contributed by atoms with Gasteiger partial charge in [0.25, 0.3) is 0 Å². The van der Waals surface area contributed by atoms with Gasteiger partial charge in [-0.15, -0.1) is 0 Å². The summed E-state index contributed by atoms with van der Waals surface area (Å²) in [6.07, 6.45) is 11.8. The molecule has 1 unspecified atom stereocenters. The Morgan fingerprint density at radius 1 is 1.18 bits per heavy atom. The van der Waals surface area contributed by atoms with E-state index in [-0.39, 0.29) is 0 Å². The first-order chi connectivity index (χ1) is 16.3. The first-order valence-corrected chi connectivity index (χ1v) is 13.3. The van der Waals surface area contributed by atoms with Crippen molar-refractivity contribution in [2.24, 2.45) is 11.8 Å². The number of carbonyl (C=O) groups is 1. The minimum absolute atomic E-state index is 0.329. The summed E-state index contributed by atoms with van der Waals surface area (Å²) >= 11 is 0. The number of aromatic amines is 1. The molecule has 1 aliphatic heterocycles. The molecule has 1 amide bonds. The molecule has 2 aliphatic rings. The number of amides is 1. The number of hydrogen-bond donors (Lipinski definition) is 1. The van der Waals surface area contributed by atoms with Crippen molar-refractivity contribution in [3.05, 3.63) is 65.4 Å². The smallest absolute Gasteiger partial charge is 0.225 e. The normalized spacial score (nSPS) is 19.2. The van der Waals surface area contributed by atoms with Crippen LogP contribution in [0.2, 0.25) is 0 Å². The first kappa shape index (κ1) is 24.6. The van der Waals surface area contributed by atoms with Crippen LogP contribution in [0.3, 0.4) is 0 Å². The minimum atomic E-state index is 0.329. The maximum Gasteiger partial charge on any atom is 0.225 e. The van der Waals surface area contributed by atoms with Gasteiger partial charge in [-0.1, -0.05) is 64.1 Å². The molecule has 1 aliphatic carbocycles. The number of likely N-dealkylation sites (tertiary alicyclic amines) is 1. The third-order valence-corrected chi connectivity index (χ3v) is 8.00. The van der Waals surface area contributed by atoms with E-state index in [1.54, 1.807) is 0 Å². The Kier molecular flexibility index (Phi) is 7.50. The van der Waals surface area contributed by atoms with Gasteiger partial charge >= 0.3 is 0 Å². The number of rotatable bonds is 8. The number of carbonyl (C=O) groups excluding carboxylic acids is 1.